The lowest BCUT2D eigenvalue weighted by Gasteiger charge is -2.14. The Labute approximate surface area is 88.8 Å². The molecule has 1 unspecified atom stereocenters. The third-order valence-corrected chi connectivity index (χ3v) is 3.18. The zero-order chi connectivity index (χ0) is 9.97. The van der Waals surface area contributed by atoms with Crippen LogP contribution in [0.4, 0.5) is 0 Å². The Balaban J connectivity index is 2.29. The first-order valence-electron chi connectivity index (χ1n) is 4.82. The van der Waals surface area contributed by atoms with Gasteiger partial charge in [0.1, 0.15) is 5.75 Å². The average Bonchev–Trinajstić information content (AvgIpc) is 2.65. The van der Waals surface area contributed by atoms with Crippen LogP contribution in [0.25, 0.3) is 0 Å². The molecule has 0 spiro atoms. The molecule has 0 aromatic heterocycles. The SMILES string of the molecule is CSCC(N)c1cccc2c1OCC2. The third kappa shape index (κ3) is 1.74. The Bertz CT molecular complexity index is 327. The smallest absolute Gasteiger partial charge is 0.127 e. The fourth-order valence-corrected chi connectivity index (χ4v) is 2.34. The largest absolute Gasteiger partial charge is 0.493 e. The zero-order valence-corrected chi connectivity index (χ0v) is 9.14. The molecular weight excluding hydrogens is 194 g/mol. The van der Waals surface area contributed by atoms with Gasteiger partial charge in [0.15, 0.2) is 0 Å². The highest BCUT2D eigenvalue weighted by Crippen LogP contribution is 2.33. The van der Waals surface area contributed by atoms with Crippen LogP contribution in [0.15, 0.2) is 18.2 Å². The lowest BCUT2D eigenvalue weighted by molar-refractivity contribution is 0.352. The Morgan fingerprint density at radius 1 is 1.57 bits per heavy atom. The predicted octanol–water partition coefficient (Wildman–Crippen LogP) is 1.98. The van der Waals surface area contributed by atoms with Crippen LogP contribution in [0.1, 0.15) is 17.2 Å². The molecule has 1 atom stereocenters. The fraction of sp³-hybridized carbons (Fsp3) is 0.455. The van der Waals surface area contributed by atoms with E-state index in [0.29, 0.717) is 0 Å². The molecule has 2 rings (SSSR count). The summed E-state index contributed by atoms with van der Waals surface area (Å²) in [5, 5.41) is 0. The number of hydrogen-bond acceptors (Lipinski definition) is 3. The summed E-state index contributed by atoms with van der Waals surface area (Å²) in [5.74, 6) is 1.98. The molecule has 0 aliphatic carbocycles. The monoisotopic (exact) mass is 209 g/mol. The van der Waals surface area contributed by atoms with Crippen LogP contribution in [0.3, 0.4) is 0 Å². The predicted molar refractivity (Wildman–Crippen MR) is 61.0 cm³/mol. The third-order valence-electron chi connectivity index (χ3n) is 2.49. The summed E-state index contributed by atoms with van der Waals surface area (Å²) in [5.41, 5.74) is 8.54. The molecule has 0 fully saturated rings. The quantitative estimate of drug-likeness (QED) is 0.826. The summed E-state index contributed by atoms with van der Waals surface area (Å²) in [7, 11) is 0. The van der Waals surface area contributed by atoms with Crippen molar-refractivity contribution < 1.29 is 4.74 Å². The second-order valence-electron chi connectivity index (χ2n) is 3.50. The number of thioether (sulfide) groups is 1. The van der Waals surface area contributed by atoms with Crippen LogP contribution in [0.5, 0.6) is 5.75 Å². The topological polar surface area (TPSA) is 35.2 Å². The molecule has 1 aliphatic heterocycles. The van der Waals surface area contributed by atoms with Gasteiger partial charge < -0.3 is 10.5 Å². The molecule has 2 N–H and O–H groups in total. The summed E-state index contributed by atoms with van der Waals surface area (Å²) in [6, 6.07) is 6.36. The van der Waals surface area contributed by atoms with E-state index in [2.05, 4.69) is 24.5 Å². The summed E-state index contributed by atoms with van der Waals surface area (Å²) in [6.45, 7) is 0.804. The molecule has 1 aliphatic rings. The van der Waals surface area contributed by atoms with Gasteiger partial charge in [-0.05, 0) is 11.8 Å². The van der Waals surface area contributed by atoms with Gasteiger partial charge in [-0.1, -0.05) is 18.2 Å². The van der Waals surface area contributed by atoms with E-state index < -0.39 is 0 Å². The number of para-hydroxylation sites is 1. The van der Waals surface area contributed by atoms with Gasteiger partial charge in [0.2, 0.25) is 0 Å². The van der Waals surface area contributed by atoms with E-state index in [1.54, 1.807) is 11.8 Å². The minimum atomic E-state index is 0.0954. The minimum absolute atomic E-state index is 0.0954. The van der Waals surface area contributed by atoms with Crippen LogP contribution in [0, 0.1) is 0 Å². The highest BCUT2D eigenvalue weighted by Gasteiger charge is 2.19. The second kappa shape index (κ2) is 4.24. The van der Waals surface area contributed by atoms with Gasteiger partial charge in [0.05, 0.1) is 6.61 Å². The number of rotatable bonds is 3. The van der Waals surface area contributed by atoms with Crippen molar-refractivity contribution in [3.8, 4) is 5.75 Å². The molecule has 76 valence electrons. The van der Waals surface area contributed by atoms with E-state index in [0.717, 1.165) is 30.1 Å². The Morgan fingerprint density at radius 3 is 3.21 bits per heavy atom. The molecule has 0 radical (unpaired) electrons. The van der Waals surface area contributed by atoms with Gasteiger partial charge in [0.25, 0.3) is 0 Å². The highest BCUT2D eigenvalue weighted by molar-refractivity contribution is 7.98. The minimum Gasteiger partial charge on any atom is -0.493 e. The van der Waals surface area contributed by atoms with Crippen molar-refractivity contribution >= 4 is 11.8 Å². The highest BCUT2D eigenvalue weighted by atomic mass is 32.2. The van der Waals surface area contributed by atoms with Gasteiger partial charge in [-0.2, -0.15) is 11.8 Å². The first kappa shape index (κ1) is 9.87. The Kier molecular flexibility index (Phi) is 2.99. The molecule has 0 saturated heterocycles. The number of nitrogens with two attached hydrogens (primary N) is 1. The summed E-state index contributed by atoms with van der Waals surface area (Å²) in [4.78, 5) is 0. The fourth-order valence-electron chi connectivity index (χ4n) is 1.80. The molecule has 2 nitrogen and oxygen atoms in total. The molecular formula is C11H15NOS. The van der Waals surface area contributed by atoms with Crippen molar-refractivity contribution in [3.63, 3.8) is 0 Å². The zero-order valence-electron chi connectivity index (χ0n) is 8.32. The van der Waals surface area contributed by atoms with E-state index >= 15 is 0 Å². The Morgan fingerprint density at radius 2 is 2.43 bits per heavy atom. The normalized spacial score (nSPS) is 16.1. The van der Waals surface area contributed by atoms with Crippen molar-refractivity contribution in [1.82, 2.24) is 0 Å². The number of hydrogen-bond donors (Lipinski definition) is 1. The standard InChI is InChI=1S/C11H15NOS/c1-14-7-10(12)9-4-2-3-8-5-6-13-11(8)9/h2-4,10H,5-7,12H2,1H3. The number of ether oxygens (including phenoxy) is 1. The maximum Gasteiger partial charge on any atom is 0.127 e. The van der Waals surface area contributed by atoms with Crippen LogP contribution < -0.4 is 10.5 Å². The maximum absolute atomic E-state index is 6.08. The molecule has 0 bridgehead atoms. The molecule has 1 aromatic carbocycles. The second-order valence-corrected chi connectivity index (χ2v) is 4.41. The first-order chi connectivity index (χ1) is 6.83. The van der Waals surface area contributed by atoms with Crippen molar-refractivity contribution in [2.75, 3.05) is 18.6 Å². The maximum atomic E-state index is 6.08. The molecule has 0 saturated carbocycles. The van der Waals surface area contributed by atoms with Crippen LogP contribution in [-0.4, -0.2) is 18.6 Å². The molecule has 0 amide bonds. The van der Waals surface area contributed by atoms with E-state index in [1.165, 1.54) is 5.56 Å². The van der Waals surface area contributed by atoms with Crippen LogP contribution in [0.2, 0.25) is 0 Å². The summed E-state index contributed by atoms with van der Waals surface area (Å²) in [6.07, 6.45) is 3.10. The van der Waals surface area contributed by atoms with Gasteiger partial charge in [-0.3, -0.25) is 0 Å². The lowest BCUT2D eigenvalue weighted by atomic mass is 10.0. The molecule has 14 heavy (non-hydrogen) atoms. The van der Waals surface area contributed by atoms with Gasteiger partial charge in [-0.15, -0.1) is 0 Å². The van der Waals surface area contributed by atoms with Crippen molar-refractivity contribution in [2.24, 2.45) is 5.73 Å². The van der Waals surface area contributed by atoms with Crippen LogP contribution in [-0.2, 0) is 6.42 Å². The molecule has 1 heterocycles. The Hall–Kier alpha value is -0.670. The van der Waals surface area contributed by atoms with Gasteiger partial charge in [0, 0.05) is 23.8 Å². The number of fused-ring (bicyclic) bond motifs is 1. The first-order valence-corrected chi connectivity index (χ1v) is 6.21. The van der Waals surface area contributed by atoms with E-state index in [-0.39, 0.29) is 6.04 Å². The summed E-state index contributed by atoms with van der Waals surface area (Å²) < 4.78 is 5.61. The lowest BCUT2D eigenvalue weighted by Crippen LogP contribution is -2.13. The van der Waals surface area contributed by atoms with E-state index in [9.17, 15) is 0 Å². The van der Waals surface area contributed by atoms with E-state index in [1.807, 2.05) is 0 Å². The van der Waals surface area contributed by atoms with Gasteiger partial charge >= 0.3 is 0 Å². The van der Waals surface area contributed by atoms with Crippen molar-refractivity contribution in [3.05, 3.63) is 29.3 Å². The van der Waals surface area contributed by atoms with Crippen LogP contribution >= 0.6 is 11.8 Å². The summed E-state index contributed by atoms with van der Waals surface area (Å²) >= 11 is 1.77. The molecule has 1 aromatic rings. The van der Waals surface area contributed by atoms with E-state index in [4.69, 9.17) is 10.5 Å². The van der Waals surface area contributed by atoms with Crippen molar-refractivity contribution in [1.29, 1.82) is 0 Å². The average molecular weight is 209 g/mol. The molecule has 3 heteroatoms. The van der Waals surface area contributed by atoms with Gasteiger partial charge in [-0.25, -0.2) is 0 Å². The van der Waals surface area contributed by atoms with Crippen molar-refractivity contribution in [2.45, 2.75) is 12.5 Å². The number of benzene rings is 1.